The highest BCUT2D eigenvalue weighted by Gasteiger charge is 2.34. The first-order chi connectivity index (χ1) is 13.9. The van der Waals surface area contributed by atoms with E-state index < -0.39 is 10.1 Å². The average molecular weight is 416 g/mol. The fourth-order valence-electron chi connectivity index (χ4n) is 4.37. The Morgan fingerprint density at radius 2 is 1.72 bits per heavy atom. The Hall–Kier alpha value is -2.54. The van der Waals surface area contributed by atoms with Crippen LogP contribution in [0.25, 0.3) is 0 Å². The minimum Gasteiger partial charge on any atom is -0.493 e. The molecule has 154 valence electrons. The van der Waals surface area contributed by atoms with Crippen molar-refractivity contribution >= 4 is 15.8 Å². The minimum absolute atomic E-state index is 0.212. The number of methoxy groups -OCH3 is 2. The highest BCUT2D eigenvalue weighted by atomic mass is 32.2. The van der Waals surface area contributed by atoms with E-state index >= 15 is 0 Å². The Labute approximate surface area is 171 Å². The van der Waals surface area contributed by atoms with Crippen LogP contribution in [0.4, 0.5) is 0 Å². The smallest absolute Gasteiger partial charge is 0.306 e. The summed E-state index contributed by atoms with van der Waals surface area (Å²) in [7, 11) is -0.336. The van der Waals surface area contributed by atoms with Crippen molar-refractivity contribution in [3.63, 3.8) is 0 Å². The Morgan fingerprint density at radius 1 is 1.00 bits per heavy atom. The lowest BCUT2D eigenvalue weighted by Crippen LogP contribution is -2.29. The average Bonchev–Trinajstić information content (AvgIpc) is 2.71. The highest BCUT2D eigenvalue weighted by molar-refractivity contribution is 7.86. The van der Waals surface area contributed by atoms with E-state index in [9.17, 15) is 8.42 Å². The molecule has 29 heavy (non-hydrogen) atoms. The largest absolute Gasteiger partial charge is 0.493 e. The summed E-state index contributed by atoms with van der Waals surface area (Å²) in [5.41, 5.74) is 3.88. The molecule has 2 aromatic rings. The predicted octanol–water partition coefficient (Wildman–Crippen LogP) is 3.92. The number of rotatable bonds is 5. The van der Waals surface area contributed by atoms with Crippen LogP contribution in [-0.4, -0.2) is 40.6 Å². The lowest BCUT2D eigenvalue weighted by atomic mass is 9.75. The molecule has 6 nitrogen and oxygen atoms in total. The molecule has 1 aliphatic heterocycles. The van der Waals surface area contributed by atoms with Gasteiger partial charge in [-0.05, 0) is 42.7 Å². The Kier molecular flexibility index (Phi) is 5.25. The maximum atomic E-state index is 11.5. The zero-order chi connectivity index (χ0) is 20.6. The van der Waals surface area contributed by atoms with Crippen LogP contribution in [0.15, 0.2) is 41.4 Å². The highest BCUT2D eigenvalue weighted by Crippen LogP contribution is 2.44. The first kappa shape index (κ1) is 19.8. The van der Waals surface area contributed by atoms with Crippen LogP contribution >= 0.6 is 0 Å². The molecule has 0 saturated heterocycles. The van der Waals surface area contributed by atoms with E-state index in [0.29, 0.717) is 17.4 Å². The van der Waals surface area contributed by atoms with Crippen LogP contribution in [0.1, 0.15) is 48.3 Å². The van der Waals surface area contributed by atoms with Gasteiger partial charge < -0.3 is 13.7 Å². The van der Waals surface area contributed by atoms with Crippen molar-refractivity contribution in [2.45, 2.75) is 37.6 Å². The summed E-state index contributed by atoms with van der Waals surface area (Å²) in [5.74, 6) is 2.00. The Balaban J connectivity index is 1.86. The number of nitrogens with zero attached hydrogens (tertiary/aromatic N) is 1. The third kappa shape index (κ3) is 3.96. The summed E-state index contributed by atoms with van der Waals surface area (Å²) in [5, 5.41) is 0. The molecule has 0 aromatic heterocycles. The number of benzene rings is 2. The van der Waals surface area contributed by atoms with Gasteiger partial charge in [-0.2, -0.15) is 8.42 Å². The van der Waals surface area contributed by atoms with Gasteiger partial charge in [0.25, 0.3) is 0 Å². The first-order valence-electron chi connectivity index (χ1n) is 9.73. The maximum Gasteiger partial charge on any atom is 0.306 e. The van der Waals surface area contributed by atoms with Crippen LogP contribution in [0.5, 0.6) is 17.2 Å². The number of hydrogen-bond acceptors (Lipinski definition) is 6. The van der Waals surface area contributed by atoms with Gasteiger partial charge in [-0.15, -0.1) is 0 Å². The third-order valence-corrected chi connectivity index (χ3v) is 6.08. The summed E-state index contributed by atoms with van der Waals surface area (Å²) < 4.78 is 39.2. The van der Waals surface area contributed by atoms with Crippen molar-refractivity contribution in [3.8, 4) is 17.2 Å². The van der Waals surface area contributed by atoms with Crippen molar-refractivity contribution in [2.75, 3.05) is 20.5 Å². The monoisotopic (exact) mass is 415 g/mol. The van der Waals surface area contributed by atoms with E-state index in [-0.39, 0.29) is 11.8 Å². The molecule has 0 radical (unpaired) electrons. The van der Waals surface area contributed by atoms with Gasteiger partial charge >= 0.3 is 10.1 Å². The number of ether oxygens (including phenoxy) is 2. The molecule has 1 saturated carbocycles. The molecule has 0 amide bonds. The fraction of sp³-hybridized carbons (Fsp3) is 0.409. The standard InChI is InChI=1S/C22H25NO5S/c1-26-20-12-17-16-9-4-5-10-19(16)23-22(18(17)13-21(20)27-2)14-7-6-8-15(11-14)28-29(3,24)25/h6-8,11-13,16,19H,4-5,9-10H2,1-3H3. The zero-order valence-corrected chi connectivity index (χ0v) is 17.7. The van der Waals surface area contributed by atoms with Crippen LogP contribution in [0.3, 0.4) is 0 Å². The van der Waals surface area contributed by atoms with Gasteiger partial charge in [-0.1, -0.05) is 25.0 Å². The third-order valence-electron chi connectivity index (χ3n) is 5.59. The molecule has 0 spiro atoms. The summed E-state index contributed by atoms with van der Waals surface area (Å²) in [6.45, 7) is 0. The molecule has 4 rings (SSSR count). The quantitative estimate of drug-likeness (QED) is 0.692. The lowest BCUT2D eigenvalue weighted by molar-refractivity contribution is 0.349. The predicted molar refractivity (Wildman–Crippen MR) is 112 cm³/mol. The van der Waals surface area contributed by atoms with Crippen LogP contribution < -0.4 is 13.7 Å². The van der Waals surface area contributed by atoms with Gasteiger partial charge in [0.05, 0.1) is 32.2 Å². The van der Waals surface area contributed by atoms with Crippen molar-refractivity contribution < 1.29 is 22.1 Å². The van der Waals surface area contributed by atoms with E-state index in [1.54, 1.807) is 32.4 Å². The molecule has 2 unspecified atom stereocenters. The van der Waals surface area contributed by atoms with Gasteiger partial charge in [0.2, 0.25) is 0 Å². The topological polar surface area (TPSA) is 74.2 Å². The molecule has 1 aliphatic carbocycles. The van der Waals surface area contributed by atoms with Gasteiger partial charge in [0, 0.05) is 17.0 Å². The van der Waals surface area contributed by atoms with Crippen LogP contribution in [0.2, 0.25) is 0 Å². The summed E-state index contributed by atoms with van der Waals surface area (Å²) in [4.78, 5) is 5.10. The van der Waals surface area contributed by atoms with E-state index in [0.717, 1.165) is 42.4 Å². The molecule has 2 aromatic carbocycles. The normalized spacial score (nSPS) is 20.9. The molecule has 2 atom stereocenters. The Bertz CT molecular complexity index is 1060. The van der Waals surface area contributed by atoms with Gasteiger partial charge in [-0.3, -0.25) is 4.99 Å². The second kappa shape index (κ2) is 7.71. The number of hydrogen-bond donors (Lipinski definition) is 0. The molecule has 0 bridgehead atoms. The summed E-state index contributed by atoms with van der Waals surface area (Å²) in [6, 6.07) is 11.3. The SMILES string of the molecule is COc1cc2c(cc1OC)C1CCCCC1N=C2c1cccc(OS(C)(=O)=O)c1. The second-order valence-corrected chi connectivity index (χ2v) is 9.12. The van der Waals surface area contributed by atoms with Gasteiger partial charge in [0.15, 0.2) is 11.5 Å². The van der Waals surface area contributed by atoms with Crippen LogP contribution in [-0.2, 0) is 10.1 Å². The molecule has 2 aliphatic rings. The van der Waals surface area contributed by atoms with Crippen molar-refractivity contribution in [1.29, 1.82) is 0 Å². The lowest BCUT2D eigenvalue weighted by Gasteiger charge is -2.35. The molecular formula is C22H25NO5S. The van der Waals surface area contributed by atoms with Crippen molar-refractivity contribution in [1.82, 2.24) is 0 Å². The zero-order valence-electron chi connectivity index (χ0n) is 16.8. The molecule has 1 fully saturated rings. The fourth-order valence-corrected chi connectivity index (χ4v) is 4.82. The van der Waals surface area contributed by atoms with Gasteiger partial charge in [-0.25, -0.2) is 0 Å². The van der Waals surface area contributed by atoms with E-state index in [4.69, 9.17) is 18.6 Å². The summed E-state index contributed by atoms with van der Waals surface area (Å²) >= 11 is 0. The first-order valence-corrected chi connectivity index (χ1v) is 11.5. The minimum atomic E-state index is -3.60. The van der Waals surface area contributed by atoms with E-state index in [1.807, 2.05) is 12.1 Å². The van der Waals surface area contributed by atoms with Crippen molar-refractivity contribution in [3.05, 3.63) is 53.1 Å². The molecular weight excluding hydrogens is 390 g/mol. The van der Waals surface area contributed by atoms with Crippen molar-refractivity contribution in [2.24, 2.45) is 4.99 Å². The van der Waals surface area contributed by atoms with E-state index in [1.165, 1.54) is 12.0 Å². The maximum absolute atomic E-state index is 11.5. The Morgan fingerprint density at radius 3 is 2.45 bits per heavy atom. The second-order valence-electron chi connectivity index (χ2n) is 7.55. The molecule has 7 heteroatoms. The molecule has 0 N–H and O–H groups in total. The number of fused-ring (bicyclic) bond motifs is 3. The van der Waals surface area contributed by atoms with E-state index in [2.05, 4.69) is 6.07 Å². The van der Waals surface area contributed by atoms with Crippen LogP contribution in [0, 0.1) is 0 Å². The summed E-state index contributed by atoms with van der Waals surface area (Å²) in [6.07, 6.45) is 5.54. The number of aliphatic imine (C=N–C) groups is 1. The molecule has 1 heterocycles. The van der Waals surface area contributed by atoms with Gasteiger partial charge in [0.1, 0.15) is 5.75 Å².